The van der Waals surface area contributed by atoms with Gasteiger partial charge < -0.3 is 15.2 Å². The number of carbonyl (C=O) groups is 2. The predicted octanol–water partition coefficient (Wildman–Crippen LogP) is 3.22. The molecule has 1 rings (SSSR count). The first-order chi connectivity index (χ1) is 11.1. The Kier molecular flexibility index (Phi) is 6.46. The molecule has 0 saturated heterocycles. The van der Waals surface area contributed by atoms with E-state index in [0.717, 1.165) is 6.07 Å². The standard InChI is InChI=1S/C16H20N2O6/c1-16(2,3)24-15(21)17-9-5-4-6-11-7-8-12(18(22)23)10-13(11)14(19)20/h4,6-8,10H,5,9H2,1-3H3,(H,17,21)(H,19,20). The molecule has 8 heteroatoms. The molecule has 0 unspecified atom stereocenters. The van der Waals surface area contributed by atoms with Crippen molar-refractivity contribution in [2.75, 3.05) is 6.54 Å². The molecule has 1 amide bonds. The molecule has 0 atom stereocenters. The van der Waals surface area contributed by atoms with Gasteiger partial charge in [0.15, 0.2) is 0 Å². The third-order valence-electron chi connectivity index (χ3n) is 2.75. The van der Waals surface area contributed by atoms with Crippen LogP contribution in [-0.4, -0.2) is 34.2 Å². The van der Waals surface area contributed by atoms with E-state index in [0.29, 0.717) is 18.5 Å². The molecule has 1 aromatic rings. The van der Waals surface area contributed by atoms with E-state index in [-0.39, 0.29) is 11.3 Å². The number of carboxylic acid groups (broad SMARTS) is 1. The van der Waals surface area contributed by atoms with Crippen LogP contribution >= 0.6 is 0 Å². The van der Waals surface area contributed by atoms with Crippen LogP contribution in [0.5, 0.6) is 0 Å². The Labute approximate surface area is 139 Å². The van der Waals surface area contributed by atoms with E-state index in [4.69, 9.17) is 9.84 Å². The second kappa shape index (κ2) is 8.09. The molecule has 0 fully saturated rings. The summed E-state index contributed by atoms with van der Waals surface area (Å²) in [6.07, 6.45) is 3.14. The van der Waals surface area contributed by atoms with Gasteiger partial charge in [-0.2, -0.15) is 0 Å². The lowest BCUT2D eigenvalue weighted by Crippen LogP contribution is -2.32. The molecule has 0 spiro atoms. The lowest BCUT2D eigenvalue weighted by molar-refractivity contribution is -0.384. The van der Waals surface area contributed by atoms with Crippen LogP contribution in [0.15, 0.2) is 24.3 Å². The third-order valence-corrected chi connectivity index (χ3v) is 2.75. The maximum absolute atomic E-state index is 11.4. The SMILES string of the molecule is CC(C)(C)OC(=O)NCCC=Cc1ccc([N+](=O)[O-])cc1C(=O)O. The number of nitrogens with zero attached hydrogens (tertiary/aromatic N) is 1. The van der Waals surface area contributed by atoms with Gasteiger partial charge in [0.1, 0.15) is 5.60 Å². The van der Waals surface area contributed by atoms with Crippen molar-refractivity contribution in [1.82, 2.24) is 5.32 Å². The first kappa shape index (κ1) is 19.1. The van der Waals surface area contributed by atoms with Gasteiger partial charge in [-0.3, -0.25) is 10.1 Å². The second-order valence-electron chi connectivity index (χ2n) is 5.95. The Bertz CT molecular complexity index is 661. The van der Waals surface area contributed by atoms with E-state index >= 15 is 0 Å². The molecule has 0 saturated carbocycles. The number of nitro benzene ring substituents is 1. The van der Waals surface area contributed by atoms with Crippen molar-refractivity contribution in [2.24, 2.45) is 0 Å². The van der Waals surface area contributed by atoms with Crippen LogP contribution in [0.25, 0.3) is 6.08 Å². The number of hydrogen-bond donors (Lipinski definition) is 2. The van der Waals surface area contributed by atoms with Crippen LogP contribution in [-0.2, 0) is 4.74 Å². The van der Waals surface area contributed by atoms with Crippen LogP contribution in [0.1, 0.15) is 43.1 Å². The van der Waals surface area contributed by atoms with Crippen molar-refractivity contribution in [1.29, 1.82) is 0 Å². The maximum Gasteiger partial charge on any atom is 0.407 e. The molecule has 2 N–H and O–H groups in total. The lowest BCUT2D eigenvalue weighted by atomic mass is 10.1. The molecule has 0 aliphatic carbocycles. The summed E-state index contributed by atoms with van der Waals surface area (Å²) in [6.45, 7) is 5.60. The molecular weight excluding hydrogens is 316 g/mol. The molecule has 0 heterocycles. The van der Waals surface area contributed by atoms with Crippen LogP contribution < -0.4 is 5.32 Å². The molecule has 8 nitrogen and oxygen atoms in total. The molecule has 0 bridgehead atoms. The van der Waals surface area contributed by atoms with E-state index in [1.54, 1.807) is 32.9 Å². The van der Waals surface area contributed by atoms with E-state index in [1.807, 2.05) is 0 Å². The number of alkyl carbamates (subject to hydrolysis) is 1. The fraction of sp³-hybridized carbons (Fsp3) is 0.375. The number of non-ortho nitro benzene ring substituents is 1. The fourth-order valence-corrected chi connectivity index (χ4v) is 1.77. The summed E-state index contributed by atoms with van der Waals surface area (Å²) in [5, 5.41) is 22.4. The summed E-state index contributed by atoms with van der Waals surface area (Å²) in [4.78, 5) is 32.7. The molecule has 130 valence electrons. The summed E-state index contributed by atoms with van der Waals surface area (Å²) < 4.78 is 5.07. The molecule has 0 aromatic heterocycles. The number of benzene rings is 1. The quantitative estimate of drug-likeness (QED) is 0.467. The van der Waals surface area contributed by atoms with Gasteiger partial charge in [-0.05, 0) is 38.8 Å². The number of carbonyl (C=O) groups excluding carboxylic acids is 1. The average molecular weight is 336 g/mol. The van der Waals surface area contributed by atoms with Crippen LogP contribution in [0, 0.1) is 10.1 Å². The minimum Gasteiger partial charge on any atom is -0.478 e. The number of nitro groups is 1. The number of nitrogens with one attached hydrogen (secondary N) is 1. The molecule has 0 aliphatic heterocycles. The number of rotatable bonds is 6. The van der Waals surface area contributed by atoms with Gasteiger partial charge in [0.25, 0.3) is 5.69 Å². The number of carboxylic acids is 1. The Hall–Kier alpha value is -2.90. The predicted molar refractivity (Wildman–Crippen MR) is 87.9 cm³/mol. The minimum absolute atomic E-state index is 0.152. The zero-order chi connectivity index (χ0) is 18.3. The highest BCUT2D eigenvalue weighted by molar-refractivity contribution is 5.93. The van der Waals surface area contributed by atoms with E-state index in [9.17, 15) is 19.7 Å². The van der Waals surface area contributed by atoms with Gasteiger partial charge in [-0.1, -0.05) is 12.2 Å². The van der Waals surface area contributed by atoms with Crippen LogP contribution in [0.4, 0.5) is 10.5 Å². The van der Waals surface area contributed by atoms with Crippen LogP contribution in [0.2, 0.25) is 0 Å². The first-order valence-corrected chi connectivity index (χ1v) is 7.25. The van der Waals surface area contributed by atoms with Gasteiger partial charge in [0, 0.05) is 18.7 Å². The van der Waals surface area contributed by atoms with Crippen molar-refractivity contribution >= 4 is 23.8 Å². The highest BCUT2D eigenvalue weighted by atomic mass is 16.6. The third kappa shape index (κ3) is 6.47. The molecule has 24 heavy (non-hydrogen) atoms. The van der Waals surface area contributed by atoms with Gasteiger partial charge >= 0.3 is 12.1 Å². The zero-order valence-electron chi connectivity index (χ0n) is 13.7. The van der Waals surface area contributed by atoms with Crippen molar-refractivity contribution in [3.05, 3.63) is 45.5 Å². The van der Waals surface area contributed by atoms with E-state index in [2.05, 4.69) is 5.32 Å². The Morgan fingerprint density at radius 1 is 1.38 bits per heavy atom. The average Bonchev–Trinajstić information content (AvgIpc) is 2.44. The van der Waals surface area contributed by atoms with Crippen molar-refractivity contribution in [2.45, 2.75) is 32.8 Å². The van der Waals surface area contributed by atoms with Gasteiger partial charge in [0.05, 0.1) is 10.5 Å². The smallest absolute Gasteiger partial charge is 0.407 e. The van der Waals surface area contributed by atoms with Crippen LogP contribution in [0.3, 0.4) is 0 Å². The largest absolute Gasteiger partial charge is 0.478 e. The van der Waals surface area contributed by atoms with E-state index in [1.165, 1.54) is 12.1 Å². The maximum atomic E-state index is 11.4. The second-order valence-corrected chi connectivity index (χ2v) is 5.95. The van der Waals surface area contributed by atoms with Gasteiger partial charge in [0.2, 0.25) is 0 Å². The Balaban J connectivity index is 2.63. The molecule has 0 radical (unpaired) electrons. The highest BCUT2D eigenvalue weighted by Crippen LogP contribution is 2.19. The van der Waals surface area contributed by atoms with Gasteiger partial charge in [-0.15, -0.1) is 0 Å². The van der Waals surface area contributed by atoms with Crippen molar-refractivity contribution in [3.8, 4) is 0 Å². The first-order valence-electron chi connectivity index (χ1n) is 7.25. The number of hydrogen-bond acceptors (Lipinski definition) is 5. The lowest BCUT2D eigenvalue weighted by Gasteiger charge is -2.19. The fourth-order valence-electron chi connectivity index (χ4n) is 1.77. The molecular formula is C16H20N2O6. The Morgan fingerprint density at radius 2 is 2.04 bits per heavy atom. The molecule has 0 aliphatic rings. The Morgan fingerprint density at radius 3 is 2.58 bits per heavy atom. The summed E-state index contributed by atoms with van der Waals surface area (Å²) in [6, 6.07) is 3.63. The van der Waals surface area contributed by atoms with Crippen molar-refractivity contribution in [3.63, 3.8) is 0 Å². The monoisotopic (exact) mass is 336 g/mol. The molecule has 1 aromatic carbocycles. The normalized spacial score (nSPS) is 11.3. The van der Waals surface area contributed by atoms with Gasteiger partial charge in [-0.25, -0.2) is 9.59 Å². The van der Waals surface area contributed by atoms with Crippen molar-refractivity contribution < 1.29 is 24.4 Å². The number of ether oxygens (including phenoxy) is 1. The summed E-state index contributed by atoms with van der Waals surface area (Å²) in [7, 11) is 0. The number of amides is 1. The van der Waals surface area contributed by atoms with E-state index < -0.39 is 22.6 Å². The summed E-state index contributed by atoms with van der Waals surface area (Å²) in [5.41, 5.74) is -0.656. The number of aromatic carboxylic acids is 1. The zero-order valence-corrected chi connectivity index (χ0v) is 13.7. The topological polar surface area (TPSA) is 119 Å². The minimum atomic E-state index is -1.25. The highest BCUT2D eigenvalue weighted by Gasteiger charge is 2.16. The summed E-state index contributed by atoms with van der Waals surface area (Å²) in [5.74, 6) is -1.25. The summed E-state index contributed by atoms with van der Waals surface area (Å²) >= 11 is 0.